The quantitative estimate of drug-likeness (QED) is 0.716. The number of rotatable bonds is 8. The minimum Gasteiger partial charge on any atom is -0.494 e. The first-order chi connectivity index (χ1) is 8.65. The Morgan fingerprint density at radius 3 is 2.28 bits per heavy atom. The van der Waals surface area contributed by atoms with E-state index in [1.165, 1.54) is 0 Å². The lowest BCUT2D eigenvalue weighted by Gasteiger charge is -2.30. The molecule has 0 aliphatic heterocycles. The van der Waals surface area contributed by atoms with Gasteiger partial charge in [0, 0.05) is 5.02 Å². The van der Waals surface area contributed by atoms with E-state index >= 15 is 0 Å². The molecular formula is C15H24ClNO. The summed E-state index contributed by atoms with van der Waals surface area (Å²) in [6, 6.07) is 7.49. The van der Waals surface area contributed by atoms with Crippen molar-refractivity contribution in [2.24, 2.45) is 11.1 Å². The summed E-state index contributed by atoms with van der Waals surface area (Å²) < 4.78 is 5.69. The molecule has 0 bridgehead atoms. The zero-order valence-corrected chi connectivity index (χ0v) is 12.2. The summed E-state index contributed by atoms with van der Waals surface area (Å²) in [7, 11) is 0. The number of nitrogens with two attached hydrogens (primary N) is 1. The highest BCUT2D eigenvalue weighted by molar-refractivity contribution is 6.30. The van der Waals surface area contributed by atoms with Crippen molar-refractivity contribution in [3.8, 4) is 5.75 Å². The van der Waals surface area contributed by atoms with Gasteiger partial charge in [0.05, 0.1) is 6.61 Å². The highest BCUT2D eigenvalue weighted by atomic mass is 35.5. The van der Waals surface area contributed by atoms with Crippen LogP contribution in [0.4, 0.5) is 0 Å². The molecular weight excluding hydrogens is 246 g/mol. The van der Waals surface area contributed by atoms with Crippen LogP contribution >= 0.6 is 11.6 Å². The first-order valence-electron chi connectivity index (χ1n) is 6.74. The lowest BCUT2D eigenvalue weighted by atomic mass is 9.78. The van der Waals surface area contributed by atoms with Gasteiger partial charge >= 0.3 is 0 Å². The summed E-state index contributed by atoms with van der Waals surface area (Å²) in [4.78, 5) is 0. The molecule has 0 saturated carbocycles. The molecule has 0 atom stereocenters. The molecule has 0 aliphatic carbocycles. The minimum atomic E-state index is 0.295. The van der Waals surface area contributed by atoms with E-state index in [1.54, 1.807) is 0 Å². The van der Waals surface area contributed by atoms with Gasteiger partial charge in [0.25, 0.3) is 0 Å². The van der Waals surface area contributed by atoms with E-state index in [0.717, 1.165) is 49.6 Å². The summed E-state index contributed by atoms with van der Waals surface area (Å²) >= 11 is 5.82. The van der Waals surface area contributed by atoms with Gasteiger partial charge in [-0.1, -0.05) is 25.4 Å². The second-order valence-electron chi connectivity index (χ2n) is 4.82. The molecule has 2 nitrogen and oxygen atoms in total. The Kier molecular flexibility index (Phi) is 6.51. The molecule has 3 heteroatoms. The molecule has 0 aromatic heterocycles. The van der Waals surface area contributed by atoms with Crippen LogP contribution in [0.1, 0.15) is 39.5 Å². The predicted molar refractivity (Wildman–Crippen MR) is 78.3 cm³/mol. The zero-order valence-electron chi connectivity index (χ0n) is 11.4. The summed E-state index contributed by atoms with van der Waals surface area (Å²) in [6.07, 6.45) is 4.45. The van der Waals surface area contributed by atoms with E-state index in [9.17, 15) is 0 Å². The normalized spacial score (nSPS) is 11.6. The molecule has 0 saturated heterocycles. The Morgan fingerprint density at radius 1 is 1.17 bits per heavy atom. The number of hydrogen-bond donors (Lipinski definition) is 1. The number of ether oxygens (including phenoxy) is 1. The average Bonchev–Trinajstić information content (AvgIpc) is 2.42. The van der Waals surface area contributed by atoms with Crippen molar-refractivity contribution in [1.82, 2.24) is 0 Å². The third-order valence-corrected chi connectivity index (χ3v) is 4.12. The molecule has 0 aliphatic rings. The van der Waals surface area contributed by atoms with Crippen LogP contribution in [-0.2, 0) is 0 Å². The van der Waals surface area contributed by atoms with Crippen molar-refractivity contribution in [1.29, 1.82) is 0 Å². The SMILES string of the molecule is CCC(CC)(CN)CCCOc1ccc(Cl)cc1. The molecule has 1 aromatic carbocycles. The Hall–Kier alpha value is -0.730. The lowest BCUT2D eigenvalue weighted by Crippen LogP contribution is -2.29. The summed E-state index contributed by atoms with van der Waals surface area (Å²) in [5.41, 5.74) is 6.18. The van der Waals surface area contributed by atoms with Crippen LogP contribution in [0.25, 0.3) is 0 Å². The van der Waals surface area contributed by atoms with Crippen molar-refractivity contribution in [3.63, 3.8) is 0 Å². The van der Waals surface area contributed by atoms with E-state index < -0.39 is 0 Å². The Labute approximate surface area is 115 Å². The second kappa shape index (κ2) is 7.65. The van der Waals surface area contributed by atoms with Gasteiger partial charge in [-0.25, -0.2) is 0 Å². The third kappa shape index (κ3) is 4.51. The van der Waals surface area contributed by atoms with E-state index in [-0.39, 0.29) is 0 Å². The minimum absolute atomic E-state index is 0.295. The lowest BCUT2D eigenvalue weighted by molar-refractivity contribution is 0.213. The smallest absolute Gasteiger partial charge is 0.119 e. The standard InChI is InChI=1S/C15H24ClNO/c1-3-15(4-2,12-17)10-5-11-18-14-8-6-13(16)7-9-14/h6-9H,3-5,10-12,17H2,1-2H3. The average molecular weight is 270 g/mol. The Morgan fingerprint density at radius 2 is 1.78 bits per heavy atom. The molecule has 18 heavy (non-hydrogen) atoms. The van der Waals surface area contributed by atoms with E-state index in [1.807, 2.05) is 24.3 Å². The van der Waals surface area contributed by atoms with Gasteiger partial charge in [-0.3, -0.25) is 0 Å². The van der Waals surface area contributed by atoms with Gasteiger partial charge in [0.1, 0.15) is 5.75 Å². The van der Waals surface area contributed by atoms with Crippen molar-refractivity contribution >= 4 is 11.6 Å². The predicted octanol–water partition coefficient (Wildman–Crippen LogP) is 4.26. The summed E-state index contributed by atoms with van der Waals surface area (Å²) in [5, 5.41) is 0.737. The fraction of sp³-hybridized carbons (Fsp3) is 0.600. The molecule has 0 spiro atoms. The maximum atomic E-state index is 5.88. The first kappa shape index (κ1) is 15.3. The summed E-state index contributed by atoms with van der Waals surface area (Å²) in [5.74, 6) is 0.880. The van der Waals surface area contributed by atoms with Gasteiger partial charge in [0.15, 0.2) is 0 Å². The largest absolute Gasteiger partial charge is 0.494 e. The maximum Gasteiger partial charge on any atom is 0.119 e. The van der Waals surface area contributed by atoms with Gasteiger partial charge in [0.2, 0.25) is 0 Å². The second-order valence-corrected chi connectivity index (χ2v) is 5.25. The molecule has 0 heterocycles. The van der Waals surface area contributed by atoms with Gasteiger partial charge < -0.3 is 10.5 Å². The molecule has 0 unspecified atom stereocenters. The highest BCUT2D eigenvalue weighted by Crippen LogP contribution is 2.30. The van der Waals surface area contributed by atoms with Crippen LogP contribution in [0.5, 0.6) is 5.75 Å². The van der Waals surface area contributed by atoms with Crippen LogP contribution in [0, 0.1) is 5.41 Å². The summed E-state index contributed by atoms with van der Waals surface area (Å²) in [6.45, 7) is 5.94. The highest BCUT2D eigenvalue weighted by Gasteiger charge is 2.23. The Bertz CT molecular complexity index is 325. The first-order valence-corrected chi connectivity index (χ1v) is 7.12. The molecule has 102 valence electrons. The van der Waals surface area contributed by atoms with Crippen molar-refractivity contribution in [2.75, 3.05) is 13.2 Å². The molecule has 1 aromatic rings. The fourth-order valence-electron chi connectivity index (χ4n) is 2.16. The van der Waals surface area contributed by atoms with Crippen molar-refractivity contribution in [3.05, 3.63) is 29.3 Å². The molecule has 1 rings (SSSR count). The molecule has 0 amide bonds. The van der Waals surface area contributed by atoms with Crippen molar-refractivity contribution < 1.29 is 4.74 Å². The van der Waals surface area contributed by atoms with E-state index in [4.69, 9.17) is 22.1 Å². The van der Waals surface area contributed by atoms with E-state index in [2.05, 4.69) is 13.8 Å². The van der Waals surface area contributed by atoms with E-state index in [0.29, 0.717) is 5.41 Å². The monoisotopic (exact) mass is 269 g/mol. The van der Waals surface area contributed by atoms with Crippen LogP contribution in [-0.4, -0.2) is 13.2 Å². The molecule has 0 fully saturated rings. The number of halogens is 1. The zero-order chi connectivity index (χ0) is 13.4. The van der Waals surface area contributed by atoms with Crippen LogP contribution in [0.2, 0.25) is 5.02 Å². The van der Waals surface area contributed by atoms with Crippen molar-refractivity contribution in [2.45, 2.75) is 39.5 Å². The Balaban J connectivity index is 2.31. The van der Waals surface area contributed by atoms with Crippen LogP contribution < -0.4 is 10.5 Å². The number of benzene rings is 1. The van der Waals surface area contributed by atoms with Gasteiger partial charge in [-0.05, 0) is 61.9 Å². The molecule has 0 radical (unpaired) electrons. The van der Waals surface area contributed by atoms with Gasteiger partial charge in [-0.2, -0.15) is 0 Å². The topological polar surface area (TPSA) is 35.2 Å². The van der Waals surface area contributed by atoms with Crippen LogP contribution in [0.15, 0.2) is 24.3 Å². The number of hydrogen-bond acceptors (Lipinski definition) is 2. The van der Waals surface area contributed by atoms with Crippen LogP contribution in [0.3, 0.4) is 0 Å². The maximum absolute atomic E-state index is 5.88. The van der Waals surface area contributed by atoms with Gasteiger partial charge in [-0.15, -0.1) is 0 Å². The fourth-order valence-corrected chi connectivity index (χ4v) is 2.29. The molecule has 2 N–H and O–H groups in total. The third-order valence-electron chi connectivity index (χ3n) is 3.87.